The van der Waals surface area contributed by atoms with Crippen molar-refractivity contribution in [3.05, 3.63) is 60.2 Å². The lowest BCUT2D eigenvalue weighted by molar-refractivity contribution is 0.877. The molecule has 0 amide bonds. The van der Waals surface area contributed by atoms with Gasteiger partial charge < -0.3 is 4.57 Å². The fourth-order valence-corrected chi connectivity index (χ4v) is 5.37. The summed E-state index contributed by atoms with van der Waals surface area (Å²) >= 11 is 1.93. The fraction of sp³-hybridized carbons (Fsp3) is 0.182. The van der Waals surface area contributed by atoms with Gasteiger partial charge in [0.1, 0.15) is 0 Å². The van der Waals surface area contributed by atoms with Crippen molar-refractivity contribution in [1.29, 1.82) is 0 Å². The van der Waals surface area contributed by atoms with E-state index < -0.39 is 0 Å². The normalized spacial score (nSPS) is 12.3. The van der Waals surface area contributed by atoms with Crippen molar-refractivity contribution < 1.29 is 0 Å². The minimum absolute atomic E-state index is 0.537. The van der Waals surface area contributed by atoms with Crippen LogP contribution in [-0.2, 0) is 7.05 Å². The summed E-state index contributed by atoms with van der Waals surface area (Å²) in [5, 5.41) is 5.55. The van der Waals surface area contributed by atoms with Crippen molar-refractivity contribution in [3.8, 4) is 0 Å². The van der Waals surface area contributed by atoms with Crippen LogP contribution < -0.4 is 0 Å². The lowest BCUT2D eigenvalue weighted by Gasteiger charge is -2.07. The van der Waals surface area contributed by atoms with E-state index in [1.807, 2.05) is 11.3 Å². The molecule has 3 aromatic carbocycles. The quantitative estimate of drug-likeness (QED) is 0.318. The van der Waals surface area contributed by atoms with E-state index in [1.54, 1.807) is 0 Å². The maximum atomic E-state index is 2.36. The number of thiophene rings is 1. The molecule has 5 aromatic rings. The average molecular weight is 329 g/mol. The summed E-state index contributed by atoms with van der Waals surface area (Å²) in [6.07, 6.45) is 0. The molecule has 5 rings (SSSR count). The third-order valence-electron chi connectivity index (χ3n) is 5.18. The number of benzene rings is 3. The van der Waals surface area contributed by atoms with Gasteiger partial charge in [-0.25, -0.2) is 0 Å². The molecule has 0 saturated carbocycles. The van der Waals surface area contributed by atoms with E-state index in [-0.39, 0.29) is 0 Å². The van der Waals surface area contributed by atoms with Crippen LogP contribution in [0.3, 0.4) is 0 Å². The smallest absolute Gasteiger partial charge is 0.0670 e. The molecule has 0 fully saturated rings. The molecule has 0 atom stereocenters. The van der Waals surface area contributed by atoms with Gasteiger partial charge in [0.25, 0.3) is 0 Å². The van der Waals surface area contributed by atoms with Gasteiger partial charge in [-0.3, -0.25) is 0 Å². The van der Waals surface area contributed by atoms with Crippen LogP contribution in [0.25, 0.3) is 42.0 Å². The van der Waals surface area contributed by atoms with Crippen molar-refractivity contribution in [2.45, 2.75) is 19.8 Å². The number of hydrogen-bond acceptors (Lipinski definition) is 1. The van der Waals surface area contributed by atoms with Gasteiger partial charge in [0.05, 0.1) is 10.2 Å². The first-order valence-electron chi connectivity index (χ1n) is 8.48. The van der Waals surface area contributed by atoms with Crippen LogP contribution in [0.1, 0.15) is 25.3 Å². The van der Waals surface area contributed by atoms with Gasteiger partial charge in [-0.1, -0.05) is 56.3 Å². The molecule has 0 bridgehead atoms. The maximum absolute atomic E-state index is 2.36. The Balaban J connectivity index is 2.06. The summed E-state index contributed by atoms with van der Waals surface area (Å²) < 4.78 is 5.17. The summed E-state index contributed by atoms with van der Waals surface area (Å²) in [4.78, 5) is 0. The highest BCUT2D eigenvalue weighted by molar-refractivity contribution is 7.26. The molecule has 2 heterocycles. The molecule has 0 saturated heterocycles. The van der Waals surface area contributed by atoms with E-state index in [2.05, 4.69) is 80.1 Å². The van der Waals surface area contributed by atoms with Gasteiger partial charge in [0.2, 0.25) is 0 Å². The highest BCUT2D eigenvalue weighted by Gasteiger charge is 2.16. The summed E-state index contributed by atoms with van der Waals surface area (Å²) in [7, 11) is 2.19. The third-order valence-corrected chi connectivity index (χ3v) is 6.36. The maximum Gasteiger partial charge on any atom is 0.0670 e. The minimum Gasteiger partial charge on any atom is -0.342 e. The average Bonchev–Trinajstić information content (AvgIpc) is 3.11. The number of aryl methyl sites for hydroxylation is 1. The first kappa shape index (κ1) is 14.1. The summed E-state index contributed by atoms with van der Waals surface area (Å²) in [6, 6.07) is 20.1. The van der Waals surface area contributed by atoms with Gasteiger partial charge >= 0.3 is 0 Å². The molecule has 24 heavy (non-hydrogen) atoms. The fourth-order valence-electron chi connectivity index (χ4n) is 4.05. The zero-order valence-corrected chi connectivity index (χ0v) is 14.9. The number of hydrogen-bond donors (Lipinski definition) is 0. The molecule has 0 aliphatic carbocycles. The van der Waals surface area contributed by atoms with Crippen LogP contribution in [-0.4, -0.2) is 4.57 Å². The first-order valence-corrected chi connectivity index (χ1v) is 9.29. The molecular weight excluding hydrogens is 310 g/mol. The van der Waals surface area contributed by atoms with Crippen LogP contribution >= 0.6 is 11.3 Å². The summed E-state index contributed by atoms with van der Waals surface area (Å²) in [5.41, 5.74) is 4.13. The van der Waals surface area contributed by atoms with E-state index in [9.17, 15) is 0 Å². The van der Waals surface area contributed by atoms with E-state index in [0.717, 1.165) is 0 Å². The lowest BCUT2D eigenvalue weighted by atomic mass is 9.97. The largest absolute Gasteiger partial charge is 0.342 e. The molecule has 1 nitrogen and oxygen atoms in total. The van der Waals surface area contributed by atoms with Crippen molar-refractivity contribution in [1.82, 2.24) is 4.57 Å². The summed E-state index contributed by atoms with van der Waals surface area (Å²) in [6.45, 7) is 4.57. The Labute approximate surface area is 145 Å². The minimum atomic E-state index is 0.537. The second kappa shape index (κ2) is 4.84. The Morgan fingerprint density at radius 1 is 0.833 bits per heavy atom. The Bertz CT molecular complexity index is 1240. The van der Waals surface area contributed by atoms with Crippen molar-refractivity contribution in [2.75, 3.05) is 0 Å². The Kier molecular flexibility index (Phi) is 2.84. The van der Waals surface area contributed by atoms with E-state index in [1.165, 1.54) is 47.5 Å². The number of para-hydroxylation sites is 1. The van der Waals surface area contributed by atoms with Crippen LogP contribution in [0.15, 0.2) is 54.6 Å². The van der Waals surface area contributed by atoms with Gasteiger partial charge in [-0.2, -0.15) is 0 Å². The van der Waals surface area contributed by atoms with E-state index in [4.69, 9.17) is 0 Å². The topological polar surface area (TPSA) is 4.93 Å². The van der Waals surface area contributed by atoms with Crippen molar-refractivity contribution >= 4 is 53.3 Å². The zero-order chi connectivity index (χ0) is 16.4. The Hall–Kier alpha value is -2.32. The molecule has 0 spiro atoms. The molecule has 0 aliphatic rings. The molecule has 0 radical (unpaired) electrons. The number of aromatic nitrogens is 1. The van der Waals surface area contributed by atoms with Crippen LogP contribution in [0.2, 0.25) is 0 Å². The number of nitrogens with zero attached hydrogens (tertiary/aromatic N) is 1. The van der Waals surface area contributed by atoms with Gasteiger partial charge in [0, 0.05) is 38.8 Å². The van der Waals surface area contributed by atoms with E-state index >= 15 is 0 Å². The number of rotatable bonds is 1. The molecule has 0 N–H and O–H groups in total. The standard InChI is InChI=1S/C22H19NS/c1-13(2)14-8-6-10-19-20(14)17-12-11-16-15-7-4-5-9-18(15)23(3)21(16)22(17)24-19/h4-13H,1-3H3. The van der Waals surface area contributed by atoms with Gasteiger partial charge in [0.15, 0.2) is 0 Å². The molecular formula is C22H19NS. The molecule has 2 heteroatoms. The molecule has 0 aliphatic heterocycles. The predicted molar refractivity (Wildman–Crippen MR) is 107 cm³/mol. The number of fused-ring (bicyclic) bond motifs is 7. The van der Waals surface area contributed by atoms with Gasteiger partial charge in [-0.15, -0.1) is 11.3 Å². The van der Waals surface area contributed by atoms with Crippen LogP contribution in [0, 0.1) is 0 Å². The highest BCUT2D eigenvalue weighted by Crippen LogP contribution is 2.43. The first-order chi connectivity index (χ1) is 11.7. The van der Waals surface area contributed by atoms with Crippen molar-refractivity contribution in [2.24, 2.45) is 7.05 Å². The molecule has 0 unspecified atom stereocenters. The van der Waals surface area contributed by atoms with E-state index in [0.29, 0.717) is 5.92 Å². The van der Waals surface area contributed by atoms with Crippen molar-refractivity contribution in [3.63, 3.8) is 0 Å². The molecule has 118 valence electrons. The predicted octanol–water partition coefficient (Wildman–Crippen LogP) is 6.82. The lowest BCUT2D eigenvalue weighted by Crippen LogP contribution is -1.88. The second-order valence-corrected chi connectivity index (χ2v) is 7.94. The zero-order valence-electron chi connectivity index (χ0n) is 14.1. The Morgan fingerprint density at radius 3 is 2.46 bits per heavy atom. The Morgan fingerprint density at radius 2 is 1.62 bits per heavy atom. The molecule has 2 aromatic heterocycles. The summed E-state index contributed by atoms with van der Waals surface area (Å²) in [5.74, 6) is 0.537. The monoisotopic (exact) mass is 329 g/mol. The second-order valence-electron chi connectivity index (χ2n) is 6.89. The third kappa shape index (κ3) is 1.69. The highest BCUT2D eigenvalue weighted by atomic mass is 32.1. The van der Waals surface area contributed by atoms with Crippen LogP contribution in [0.5, 0.6) is 0 Å². The van der Waals surface area contributed by atoms with Crippen LogP contribution in [0.4, 0.5) is 0 Å². The SMILES string of the molecule is CC(C)c1cccc2sc3c(ccc4c5ccccc5n(C)c43)c12. The van der Waals surface area contributed by atoms with Gasteiger partial charge in [-0.05, 0) is 23.6 Å².